The van der Waals surface area contributed by atoms with E-state index in [1.807, 2.05) is 0 Å². The molecule has 0 spiro atoms. The third-order valence-electron chi connectivity index (χ3n) is 2.20. The first-order chi connectivity index (χ1) is 9.08. The van der Waals surface area contributed by atoms with Gasteiger partial charge in [-0.2, -0.15) is 0 Å². The van der Waals surface area contributed by atoms with Crippen LogP contribution in [-0.2, 0) is 14.3 Å². The second-order valence-electron chi connectivity index (χ2n) is 3.54. The fourth-order valence-electron chi connectivity index (χ4n) is 1.26. The van der Waals surface area contributed by atoms with Crippen molar-refractivity contribution in [3.05, 3.63) is 29.3 Å². The van der Waals surface area contributed by atoms with E-state index >= 15 is 0 Å². The van der Waals surface area contributed by atoms with E-state index in [1.54, 1.807) is 24.3 Å². The Morgan fingerprint density at radius 2 is 2.11 bits per heavy atom. The van der Waals surface area contributed by atoms with Gasteiger partial charge in [-0.1, -0.05) is 23.7 Å². The van der Waals surface area contributed by atoms with Gasteiger partial charge in [-0.25, -0.2) is 4.79 Å². The van der Waals surface area contributed by atoms with Crippen molar-refractivity contribution in [2.45, 2.75) is 6.04 Å². The Bertz CT molecular complexity index is 452. The molecule has 1 aromatic carbocycles. The summed E-state index contributed by atoms with van der Waals surface area (Å²) in [6.45, 7) is -0.873. The summed E-state index contributed by atoms with van der Waals surface area (Å²) < 4.78 is 9.59. The molecule has 19 heavy (non-hydrogen) atoms. The van der Waals surface area contributed by atoms with Gasteiger partial charge in [0.15, 0.2) is 12.6 Å². The number of carbonyl (C=O) groups excluding carboxylic acids is 2. The van der Waals surface area contributed by atoms with Gasteiger partial charge in [0.25, 0.3) is 5.91 Å². The van der Waals surface area contributed by atoms with Gasteiger partial charge in [-0.15, -0.1) is 0 Å². The van der Waals surface area contributed by atoms with Crippen molar-refractivity contribution in [1.29, 1.82) is 0 Å². The molecule has 1 amide bonds. The summed E-state index contributed by atoms with van der Waals surface area (Å²) in [6, 6.07) is 5.57. The molecule has 6 nitrogen and oxygen atoms in total. The maximum Gasteiger partial charge on any atom is 0.330 e. The average molecular weight is 288 g/mol. The van der Waals surface area contributed by atoms with Crippen molar-refractivity contribution in [1.82, 2.24) is 5.32 Å². The Labute approximate surface area is 115 Å². The molecule has 104 valence electrons. The number of halogens is 1. The highest BCUT2D eigenvalue weighted by Gasteiger charge is 2.20. The number of amides is 1. The van der Waals surface area contributed by atoms with Crippen LogP contribution in [0.1, 0.15) is 0 Å². The molecule has 0 saturated heterocycles. The highest BCUT2D eigenvalue weighted by atomic mass is 35.5. The van der Waals surface area contributed by atoms with E-state index in [1.165, 1.54) is 0 Å². The van der Waals surface area contributed by atoms with Crippen molar-refractivity contribution in [3.63, 3.8) is 0 Å². The van der Waals surface area contributed by atoms with E-state index in [0.29, 0.717) is 10.8 Å². The third-order valence-corrected chi connectivity index (χ3v) is 2.51. The quantitative estimate of drug-likeness (QED) is 0.739. The normalized spacial score (nSPS) is 11.5. The van der Waals surface area contributed by atoms with Crippen LogP contribution in [0.4, 0.5) is 0 Å². The van der Waals surface area contributed by atoms with Gasteiger partial charge >= 0.3 is 5.97 Å². The summed E-state index contributed by atoms with van der Waals surface area (Å²) in [5.41, 5.74) is 0. The Balaban J connectivity index is 2.48. The Morgan fingerprint density at radius 1 is 1.42 bits per heavy atom. The number of benzene rings is 1. The fourth-order valence-corrected chi connectivity index (χ4v) is 1.45. The predicted molar refractivity (Wildman–Crippen MR) is 68.0 cm³/mol. The zero-order valence-electron chi connectivity index (χ0n) is 10.3. The fraction of sp³-hybridized carbons (Fsp3) is 0.333. The van der Waals surface area contributed by atoms with Crippen molar-refractivity contribution >= 4 is 23.5 Å². The monoisotopic (exact) mass is 287 g/mol. The maximum atomic E-state index is 11.5. The molecule has 0 heterocycles. The Morgan fingerprint density at radius 3 is 2.68 bits per heavy atom. The van der Waals surface area contributed by atoms with E-state index in [2.05, 4.69) is 10.1 Å². The van der Waals surface area contributed by atoms with Crippen LogP contribution in [0.2, 0.25) is 5.02 Å². The predicted octanol–water partition coefficient (Wildman–Crippen LogP) is 0.369. The van der Waals surface area contributed by atoms with Crippen LogP contribution in [0.25, 0.3) is 0 Å². The van der Waals surface area contributed by atoms with Crippen LogP contribution in [0.15, 0.2) is 24.3 Å². The number of esters is 1. The van der Waals surface area contributed by atoms with Gasteiger partial charge in [0.2, 0.25) is 0 Å². The molecule has 0 aliphatic heterocycles. The zero-order valence-corrected chi connectivity index (χ0v) is 11.0. The second kappa shape index (κ2) is 7.60. The maximum absolute atomic E-state index is 11.5. The number of hydrogen-bond acceptors (Lipinski definition) is 5. The molecule has 2 N–H and O–H groups in total. The first-order valence-electron chi connectivity index (χ1n) is 5.44. The molecule has 0 saturated carbocycles. The van der Waals surface area contributed by atoms with Crippen LogP contribution in [0, 0.1) is 0 Å². The van der Waals surface area contributed by atoms with E-state index in [9.17, 15) is 9.59 Å². The summed E-state index contributed by atoms with van der Waals surface area (Å²) >= 11 is 5.84. The molecule has 1 atom stereocenters. The highest BCUT2D eigenvalue weighted by molar-refractivity contribution is 6.32. The summed E-state index contributed by atoms with van der Waals surface area (Å²) in [4.78, 5) is 22.7. The van der Waals surface area contributed by atoms with Crippen LogP contribution in [0.3, 0.4) is 0 Å². The van der Waals surface area contributed by atoms with Gasteiger partial charge in [-0.05, 0) is 12.1 Å². The molecular weight excluding hydrogens is 274 g/mol. The molecule has 0 unspecified atom stereocenters. The van der Waals surface area contributed by atoms with Gasteiger partial charge in [-0.3, -0.25) is 4.79 Å². The van der Waals surface area contributed by atoms with Gasteiger partial charge in [0.05, 0.1) is 18.7 Å². The standard InChI is InChI=1S/C12H14ClNO5/c1-18-12(17)9(6-15)14-11(16)7-19-10-5-3-2-4-8(10)13/h2-5,9,15H,6-7H2,1H3,(H,14,16)/t9-/m0/s1. The number of rotatable bonds is 6. The summed E-state index contributed by atoms with van der Waals surface area (Å²) in [6.07, 6.45) is 0. The second-order valence-corrected chi connectivity index (χ2v) is 3.95. The molecule has 0 aromatic heterocycles. The lowest BCUT2D eigenvalue weighted by Crippen LogP contribution is -2.45. The van der Waals surface area contributed by atoms with Crippen molar-refractivity contribution in [3.8, 4) is 5.75 Å². The molecule has 0 radical (unpaired) electrons. The molecular formula is C12H14ClNO5. The number of nitrogens with one attached hydrogen (secondary N) is 1. The summed E-state index contributed by atoms with van der Waals surface area (Å²) in [5.74, 6) is -0.934. The number of para-hydroxylation sites is 1. The van der Waals surface area contributed by atoms with E-state index in [0.717, 1.165) is 7.11 Å². The zero-order chi connectivity index (χ0) is 14.3. The molecule has 0 fully saturated rings. The SMILES string of the molecule is COC(=O)[C@H](CO)NC(=O)COc1ccccc1Cl. The number of ether oxygens (including phenoxy) is 2. The molecule has 0 bridgehead atoms. The van der Waals surface area contributed by atoms with E-state index in [-0.39, 0.29) is 6.61 Å². The number of methoxy groups -OCH3 is 1. The molecule has 0 aliphatic rings. The van der Waals surface area contributed by atoms with Gasteiger partial charge in [0.1, 0.15) is 5.75 Å². The number of carbonyl (C=O) groups is 2. The van der Waals surface area contributed by atoms with Gasteiger partial charge in [0, 0.05) is 0 Å². The molecule has 1 rings (SSSR count). The smallest absolute Gasteiger partial charge is 0.330 e. The lowest BCUT2D eigenvalue weighted by atomic mass is 10.3. The molecule has 7 heteroatoms. The Hall–Kier alpha value is -1.79. The Kier molecular flexibility index (Phi) is 6.11. The summed E-state index contributed by atoms with van der Waals surface area (Å²) in [7, 11) is 1.16. The van der Waals surface area contributed by atoms with Crippen molar-refractivity contribution in [2.24, 2.45) is 0 Å². The average Bonchev–Trinajstić information content (AvgIpc) is 2.43. The minimum atomic E-state index is -1.10. The van der Waals surface area contributed by atoms with E-state index in [4.69, 9.17) is 21.4 Å². The van der Waals surface area contributed by atoms with Gasteiger partial charge < -0.3 is 19.9 Å². The molecule has 0 aliphatic carbocycles. The first-order valence-corrected chi connectivity index (χ1v) is 5.81. The lowest BCUT2D eigenvalue weighted by molar-refractivity contribution is -0.146. The van der Waals surface area contributed by atoms with Crippen LogP contribution in [-0.4, -0.2) is 43.3 Å². The van der Waals surface area contributed by atoms with Crippen LogP contribution in [0.5, 0.6) is 5.75 Å². The van der Waals surface area contributed by atoms with Crippen molar-refractivity contribution < 1.29 is 24.2 Å². The van der Waals surface area contributed by atoms with E-state index < -0.39 is 24.5 Å². The minimum absolute atomic E-state index is 0.322. The lowest BCUT2D eigenvalue weighted by Gasteiger charge is -2.14. The van der Waals surface area contributed by atoms with Crippen molar-refractivity contribution in [2.75, 3.05) is 20.3 Å². The number of aliphatic hydroxyl groups is 1. The molecule has 1 aromatic rings. The number of hydrogen-bond donors (Lipinski definition) is 2. The minimum Gasteiger partial charge on any atom is -0.482 e. The van der Waals surface area contributed by atoms with Crippen LogP contribution < -0.4 is 10.1 Å². The topological polar surface area (TPSA) is 84.9 Å². The van der Waals surface area contributed by atoms with Crippen LogP contribution >= 0.6 is 11.6 Å². The largest absolute Gasteiger partial charge is 0.482 e. The highest BCUT2D eigenvalue weighted by Crippen LogP contribution is 2.22. The first kappa shape index (κ1) is 15.3. The number of aliphatic hydroxyl groups excluding tert-OH is 1. The summed E-state index contributed by atoms with van der Waals surface area (Å²) in [5, 5.41) is 11.6. The third kappa shape index (κ3) is 4.76.